The standard InChI is InChI=1S/C20H32N4O4.2ClH/c1-14(2)19(21)20(26)23-13-18(25)22-12-17(24-8-10-28-11-9-24)15-4-6-16(27-3)7-5-15;;/h4-7,14,17,19H,8-13,21H2,1-3H3,(H,22,25)(H,23,26);2*1H/t17?,19-;;/m0../s1. The van der Waals surface area contributed by atoms with Crippen LogP contribution < -0.4 is 21.1 Å². The molecule has 30 heavy (non-hydrogen) atoms. The molecule has 10 heteroatoms. The van der Waals surface area contributed by atoms with E-state index in [-0.39, 0.29) is 55.1 Å². The minimum atomic E-state index is -0.617. The van der Waals surface area contributed by atoms with Crippen LogP contribution in [-0.2, 0) is 14.3 Å². The molecule has 1 aromatic rings. The quantitative estimate of drug-likeness (QED) is 0.505. The summed E-state index contributed by atoms with van der Waals surface area (Å²) in [6.45, 7) is 7.03. The van der Waals surface area contributed by atoms with Crippen LogP contribution in [0.3, 0.4) is 0 Å². The number of amides is 2. The molecule has 2 atom stereocenters. The molecule has 0 aliphatic carbocycles. The Balaban J connectivity index is 0.00000420. The topological polar surface area (TPSA) is 106 Å². The van der Waals surface area contributed by atoms with Gasteiger partial charge in [-0.25, -0.2) is 0 Å². The van der Waals surface area contributed by atoms with Crippen molar-refractivity contribution in [1.82, 2.24) is 15.5 Å². The minimum absolute atomic E-state index is 0. The molecular weight excluding hydrogens is 431 g/mol. The van der Waals surface area contributed by atoms with E-state index in [9.17, 15) is 9.59 Å². The van der Waals surface area contributed by atoms with E-state index in [1.54, 1.807) is 7.11 Å². The van der Waals surface area contributed by atoms with Gasteiger partial charge in [0, 0.05) is 19.6 Å². The lowest BCUT2D eigenvalue weighted by molar-refractivity contribution is -0.127. The second-order valence-electron chi connectivity index (χ2n) is 7.23. The van der Waals surface area contributed by atoms with Gasteiger partial charge < -0.3 is 25.8 Å². The number of carbonyl (C=O) groups is 2. The molecule has 4 N–H and O–H groups in total. The lowest BCUT2D eigenvalue weighted by atomic mass is 10.0. The van der Waals surface area contributed by atoms with Crippen molar-refractivity contribution in [3.05, 3.63) is 29.8 Å². The number of rotatable bonds is 9. The van der Waals surface area contributed by atoms with Crippen molar-refractivity contribution in [2.75, 3.05) is 46.5 Å². The zero-order valence-electron chi connectivity index (χ0n) is 17.8. The fraction of sp³-hybridized carbons (Fsp3) is 0.600. The number of carbonyl (C=O) groups excluding carboxylic acids is 2. The number of nitrogens with one attached hydrogen (secondary N) is 2. The Morgan fingerprint density at radius 3 is 2.27 bits per heavy atom. The third-order valence-corrected chi connectivity index (χ3v) is 4.92. The van der Waals surface area contributed by atoms with Crippen LogP contribution in [0.25, 0.3) is 0 Å². The van der Waals surface area contributed by atoms with Crippen LogP contribution in [-0.4, -0.2) is 69.3 Å². The van der Waals surface area contributed by atoms with Gasteiger partial charge in [0.25, 0.3) is 0 Å². The molecule has 0 spiro atoms. The molecule has 1 aliphatic heterocycles. The lowest BCUT2D eigenvalue weighted by Crippen LogP contribution is -2.48. The highest BCUT2D eigenvalue weighted by molar-refractivity contribution is 5.87. The first-order valence-electron chi connectivity index (χ1n) is 9.68. The predicted molar refractivity (Wildman–Crippen MR) is 121 cm³/mol. The summed E-state index contributed by atoms with van der Waals surface area (Å²) in [4.78, 5) is 26.4. The van der Waals surface area contributed by atoms with Crippen LogP contribution in [0.15, 0.2) is 24.3 Å². The number of benzene rings is 1. The number of halogens is 2. The van der Waals surface area contributed by atoms with Gasteiger partial charge in [-0.15, -0.1) is 24.8 Å². The van der Waals surface area contributed by atoms with E-state index < -0.39 is 6.04 Å². The molecule has 1 fully saturated rings. The Morgan fingerprint density at radius 2 is 1.73 bits per heavy atom. The molecule has 8 nitrogen and oxygen atoms in total. The van der Waals surface area contributed by atoms with Gasteiger partial charge >= 0.3 is 0 Å². The number of nitrogens with two attached hydrogens (primary N) is 1. The fourth-order valence-corrected chi connectivity index (χ4v) is 3.03. The van der Waals surface area contributed by atoms with Crippen LogP contribution in [0.2, 0.25) is 0 Å². The van der Waals surface area contributed by atoms with E-state index in [1.807, 2.05) is 38.1 Å². The zero-order chi connectivity index (χ0) is 20.5. The van der Waals surface area contributed by atoms with Crippen LogP contribution >= 0.6 is 24.8 Å². The van der Waals surface area contributed by atoms with Gasteiger partial charge in [-0.2, -0.15) is 0 Å². The van der Waals surface area contributed by atoms with E-state index in [4.69, 9.17) is 15.2 Å². The monoisotopic (exact) mass is 464 g/mol. The van der Waals surface area contributed by atoms with Crippen molar-refractivity contribution in [2.45, 2.75) is 25.9 Å². The first kappa shape index (κ1) is 28.4. The Hall–Kier alpha value is -1.58. The Kier molecular flexibility index (Phi) is 13.7. The van der Waals surface area contributed by atoms with Gasteiger partial charge in [0.15, 0.2) is 0 Å². The molecule has 2 rings (SSSR count). The molecule has 1 aromatic carbocycles. The van der Waals surface area contributed by atoms with Crippen LogP contribution in [0.1, 0.15) is 25.5 Å². The maximum atomic E-state index is 12.2. The highest BCUT2D eigenvalue weighted by Gasteiger charge is 2.24. The highest BCUT2D eigenvalue weighted by Crippen LogP contribution is 2.23. The average Bonchev–Trinajstić information content (AvgIpc) is 2.72. The van der Waals surface area contributed by atoms with E-state index in [0.29, 0.717) is 19.8 Å². The maximum Gasteiger partial charge on any atom is 0.239 e. The number of ether oxygens (including phenoxy) is 2. The van der Waals surface area contributed by atoms with Crippen molar-refractivity contribution in [1.29, 1.82) is 0 Å². The van der Waals surface area contributed by atoms with E-state index >= 15 is 0 Å². The van der Waals surface area contributed by atoms with Crippen molar-refractivity contribution in [3.8, 4) is 5.75 Å². The van der Waals surface area contributed by atoms with Gasteiger partial charge in [-0.05, 0) is 23.6 Å². The SMILES string of the molecule is COc1ccc(C(CNC(=O)CNC(=O)[C@@H](N)C(C)C)N2CCOCC2)cc1.Cl.Cl. The number of hydrogen-bond donors (Lipinski definition) is 3. The fourth-order valence-electron chi connectivity index (χ4n) is 3.03. The number of morpholine rings is 1. The lowest BCUT2D eigenvalue weighted by Gasteiger charge is -2.35. The molecular formula is C20H34Cl2N4O4. The van der Waals surface area contributed by atoms with Crippen LogP contribution in [0.5, 0.6) is 5.75 Å². The van der Waals surface area contributed by atoms with Gasteiger partial charge in [-0.3, -0.25) is 14.5 Å². The second kappa shape index (κ2) is 14.4. The van der Waals surface area contributed by atoms with Crippen molar-refractivity contribution in [3.63, 3.8) is 0 Å². The Labute approximate surface area is 191 Å². The smallest absolute Gasteiger partial charge is 0.239 e. The van der Waals surface area contributed by atoms with Gasteiger partial charge in [0.05, 0.1) is 39.0 Å². The molecule has 0 aromatic heterocycles. The molecule has 1 saturated heterocycles. The minimum Gasteiger partial charge on any atom is -0.497 e. The van der Waals surface area contributed by atoms with Crippen molar-refractivity contribution < 1.29 is 19.1 Å². The summed E-state index contributed by atoms with van der Waals surface area (Å²) in [7, 11) is 1.63. The van der Waals surface area contributed by atoms with Gasteiger partial charge in [0.2, 0.25) is 11.8 Å². The van der Waals surface area contributed by atoms with Crippen molar-refractivity contribution >= 4 is 36.6 Å². The largest absolute Gasteiger partial charge is 0.497 e. The Morgan fingerprint density at radius 1 is 1.13 bits per heavy atom. The summed E-state index contributed by atoms with van der Waals surface area (Å²) >= 11 is 0. The molecule has 172 valence electrons. The maximum absolute atomic E-state index is 12.2. The molecule has 0 bridgehead atoms. The zero-order valence-corrected chi connectivity index (χ0v) is 19.4. The van der Waals surface area contributed by atoms with Crippen LogP contribution in [0.4, 0.5) is 0 Å². The van der Waals surface area contributed by atoms with Crippen LogP contribution in [0, 0.1) is 5.92 Å². The molecule has 1 aliphatic rings. The summed E-state index contributed by atoms with van der Waals surface area (Å²) in [5.41, 5.74) is 6.88. The molecule has 2 amide bonds. The Bertz CT molecular complexity index is 640. The molecule has 1 heterocycles. The summed E-state index contributed by atoms with van der Waals surface area (Å²) in [5, 5.41) is 5.52. The first-order chi connectivity index (χ1) is 13.4. The van der Waals surface area contributed by atoms with Gasteiger partial charge in [0.1, 0.15) is 5.75 Å². The second-order valence-corrected chi connectivity index (χ2v) is 7.23. The highest BCUT2D eigenvalue weighted by atomic mass is 35.5. The average molecular weight is 465 g/mol. The van der Waals surface area contributed by atoms with E-state index in [2.05, 4.69) is 15.5 Å². The van der Waals surface area contributed by atoms with E-state index in [1.165, 1.54) is 0 Å². The first-order valence-corrected chi connectivity index (χ1v) is 9.68. The van der Waals surface area contributed by atoms with Crippen molar-refractivity contribution in [2.24, 2.45) is 11.7 Å². The van der Waals surface area contributed by atoms with E-state index in [0.717, 1.165) is 24.4 Å². The molecule has 0 saturated carbocycles. The number of methoxy groups -OCH3 is 1. The summed E-state index contributed by atoms with van der Waals surface area (Å²) in [5.74, 6) is 0.252. The summed E-state index contributed by atoms with van der Waals surface area (Å²) < 4.78 is 10.7. The predicted octanol–water partition coefficient (Wildman–Crippen LogP) is 1.13. The van der Waals surface area contributed by atoms with Gasteiger partial charge in [-0.1, -0.05) is 26.0 Å². The molecule has 0 radical (unpaired) electrons. The number of hydrogen-bond acceptors (Lipinski definition) is 6. The third kappa shape index (κ3) is 8.65. The number of nitrogens with zero attached hydrogens (tertiary/aromatic N) is 1. The third-order valence-electron chi connectivity index (χ3n) is 4.92. The normalized spacial score (nSPS) is 15.9. The summed E-state index contributed by atoms with van der Waals surface area (Å²) in [6.07, 6.45) is 0. The molecule has 1 unspecified atom stereocenters. The summed E-state index contributed by atoms with van der Waals surface area (Å²) in [6, 6.07) is 7.25.